The molecular formula is C16H22N2O4. The standard InChI is InChI=1S/C16H22N2O4/c1-18(10-9-14(19)20)16(21)17-15(11-3-4-11)12-5-7-13(22-2)8-6-12/h5-8,11,15H,3-4,9-10H2,1-2H3,(H,17,21)(H,19,20). The van der Waals surface area contributed by atoms with Gasteiger partial charge in [0.25, 0.3) is 0 Å². The van der Waals surface area contributed by atoms with E-state index in [1.165, 1.54) is 4.90 Å². The molecule has 22 heavy (non-hydrogen) atoms. The average Bonchev–Trinajstić information content (AvgIpc) is 3.34. The number of benzene rings is 1. The summed E-state index contributed by atoms with van der Waals surface area (Å²) in [5.41, 5.74) is 1.04. The number of urea groups is 1. The van der Waals surface area contributed by atoms with E-state index in [9.17, 15) is 9.59 Å². The Hall–Kier alpha value is -2.24. The largest absolute Gasteiger partial charge is 0.497 e. The quantitative estimate of drug-likeness (QED) is 0.810. The highest BCUT2D eigenvalue weighted by atomic mass is 16.5. The monoisotopic (exact) mass is 306 g/mol. The maximum atomic E-state index is 12.2. The Morgan fingerprint density at radius 3 is 2.50 bits per heavy atom. The zero-order chi connectivity index (χ0) is 16.1. The number of amides is 2. The number of carbonyl (C=O) groups excluding carboxylic acids is 1. The van der Waals surface area contributed by atoms with Crippen molar-refractivity contribution < 1.29 is 19.4 Å². The minimum Gasteiger partial charge on any atom is -0.497 e. The highest BCUT2D eigenvalue weighted by Gasteiger charge is 2.34. The number of methoxy groups -OCH3 is 1. The van der Waals surface area contributed by atoms with Gasteiger partial charge in [0, 0.05) is 13.6 Å². The van der Waals surface area contributed by atoms with Gasteiger partial charge >= 0.3 is 12.0 Å². The summed E-state index contributed by atoms with van der Waals surface area (Å²) >= 11 is 0. The molecule has 1 aliphatic rings. The lowest BCUT2D eigenvalue weighted by atomic mass is 10.0. The molecule has 1 saturated carbocycles. The highest BCUT2D eigenvalue weighted by Crippen LogP contribution is 2.41. The van der Waals surface area contributed by atoms with Crippen molar-refractivity contribution >= 4 is 12.0 Å². The number of hydrogen-bond acceptors (Lipinski definition) is 3. The molecule has 2 amide bonds. The topological polar surface area (TPSA) is 78.9 Å². The summed E-state index contributed by atoms with van der Waals surface area (Å²) in [6.07, 6.45) is 2.13. The van der Waals surface area contributed by atoms with E-state index in [1.807, 2.05) is 24.3 Å². The van der Waals surface area contributed by atoms with Crippen LogP contribution in [0.2, 0.25) is 0 Å². The van der Waals surface area contributed by atoms with Crippen LogP contribution in [0.3, 0.4) is 0 Å². The molecule has 2 rings (SSSR count). The number of rotatable bonds is 7. The second kappa shape index (κ2) is 7.15. The second-order valence-corrected chi connectivity index (χ2v) is 5.60. The van der Waals surface area contributed by atoms with Gasteiger partial charge in [0.2, 0.25) is 0 Å². The van der Waals surface area contributed by atoms with E-state index in [0.717, 1.165) is 24.2 Å². The van der Waals surface area contributed by atoms with Crippen molar-refractivity contribution in [2.75, 3.05) is 20.7 Å². The first kappa shape index (κ1) is 16.1. The number of carbonyl (C=O) groups is 2. The fourth-order valence-corrected chi connectivity index (χ4v) is 2.32. The third-order valence-electron chi connectivity index (χ3n) is 3.86. The minimum atomic E-state index is -0.909. The molecule has 0 aliphatic heterocycles. The van der Waals surface area contributed by atoms with Crippen molar-refractivity contribution in [2.24, 2.45) is 5.92 Å². The summed E-state index contributed by atoms with van der Waals surface area (Å²) in [5.74, 6) is 0.321. The van der Waals surface area contributed by atoms with Gasteiger partial charge in [0.15, 0.2) is 0 Å². The van der Waals surface area contributed by atoms with Gasteiger partial charge in [-0.1, -0.05) is 12.1 Å². The van der Waals surface area contributed by atoms with Crippen molar-refractivity contribution in [1.82, 2.24) is 10.2 Å². The fourth-order valence-electron chi connectivity index (χ4n) is 2.32. The van der Waals surface area contributed by atoms with E-state index in [0.29, 0.717) is 5.92 Å². The van der Waals surface area contributed by atoms with Gasteiger partial charge in [-0.25, -0.2) is 4.79 Å². The van der Waals surface area contributed by atoms with Crippen LogP contribution in [0, 0.1) is 5.92 Å². The summed E-state index contributed by atoms with van der Waals surface area (Å²) < 4.78 is 5.15. The van der Waals surface area contributed by atoms with Gasteiger partial charge in [0.1, 0.15) is 5.75 Å². The molecule has 1 unspecified atom stereocenters. The Morgan fingerprint density at radius 1 is 1.36 bits per heavy atom. The van der Waals surface area contributed by atoms with Gasteiger partial charge in [-0.05, 0) is 36.5 Å². The molecule has 0 radical (unpaired) electrons. The molecule has 120 valence electrons. The van der Waals surface area contributed by atoms with E-state index < -0.39 is 5.97 Å². The molecule has 0 saturated heterocycles. The predicted molar refractivity (Wildman–Crippen MR) is 81.9 cm³/mol. The average molecular weight is 306 g/mol. The summed E-state index contributed by atoms with van der Waals surface area (Å²) in [7, 11) is 3.23. The Kier molecular flexibility index (Phi) is 5.25. The number of nitrogens with one attached hydrogen (secondary N) is 1. The summed E-state index contributed by atoms with van der Waals surface area (Å²) in [5, 5.41) is 11.7. The van der Waals surface area contributed by atoms with Gasteiger partial charge in [-0.2, -0.15) is 0 Å². The van der Waals surface area contributed by atoms with Crippen LogP contribution in [-0.2, 0) is 4.79 Å². The molecule has 1 fully saturated rings. The Labute approximate surface area is 130 Å². The predicted octanol–water partition coefficient (Wildman–Crippen LogP) is 2.26. The van der Waals surface area contributed by atoms with E-state index >= 15 is 0 Å². The summed E-state index contributed by atoms with van der Waals surface area (Å²) in [6, 6.07) is 7.40. The lowest BCUT2D eigenvalue weighted by Gasteiger charge is -2.23. The first-order chi connectivity index (χ1) is 10.5. The third kappa shape index (κ3) is 4.38. The fraction of sp³-hybridized carbons (Fsp3) is 0.500. The van der Waals surface area contributed by atoms with Crippen LogP contribution in [0.4, 0.5) is 4.79 Å². The number of ether oxygens (including phenoxy) is 1. The maximum absolute atomic E-state index is 12.2. The van der Waals surface area contributed by atoms with Crippen molar-refractivity contribution in [2.45, 2.75) is 25.3 Å². The zero-order valence-electron chi connectivity index (χ0n) is 12.9. The highest BCUT2D eigenvalue weighted by molar-refractivity contribution is 5.75. The number of carboxylic acids is 1. The molecule has 2 N–H and O–H groups in total. The van der Waals surface area contributed by atoms with Crippen LogP contribution >= 0.6 is 0 Å². The lowest BCUT2D eigenvalue weighted by molar-refractivity contribution is -0.137. The number of aliphatic carboxylic acids is 1. The molecule has 1 atom stereocenters. The Balaban J connectivity index is 1.99. The molecule has 0 aromatic heterocycles. The molecular weight excluding hydrogens is 284 g/mol. The first-order valence-electron chi connectivity index (χ1n) is 7.38. The summed E-state index contributed by atoms with van der Waals surface area (Å²) in [4.78, 5) is 24.2. The zero-order valence-corrected chi connectivity index (χ0v) is 12.9. The lowest BCUT2D eigenvalue weighted by Crippen LogP contribution is -2.40. The number of carboxylic acid groups (broad SMARTS) is 1. The van der Waals surface area contributed by atoms with Crippen LogP contribution in [0.5, 0.6) is 5.75 Å². The summed E-state index contributed by atoms with van der Waals surface area (Å²) in [6.45, 7) is 0.196. The van der Waals surface area contributed by atoms with Gasteiger partial charge in [-0.3, -0.25) is 4.79 Å². The van der Waals surface area contributed by atoms with Crippen molar-refractivity contribution in [1.29, 1.82) is 0 Å². The van der Waals surface area contributed by atoms with E-state index in [-0.39, 0.29) is 25.0 Å². The van der Waals surface area contributed by atoms with E-state index in [4.69, 9.17) is 9.84 Å². The van der Waals surface area contributed by atoms with Crippen LogP contribution in [0.15, 0.2) is 24.3 Å². The normalized spacial score (nSPS) is 15.0. The van der Waals surface area contributed by atoms with Gasteiger partial charge < -0.3 is 20.1 Å². The molecule has 1 aromatic carbocycles. The number of hydrogen-bond donors (Lipinski definition) is 2. The minimum absolute atomic E-state index is 0.0364. The van der Waals surface area contributed by atoms with E-state index in [2.05, 4.69) is 5.32 Å². The Bertz CT molecular complexity index is 525. The van der Waals surface area contributed by atoms with Gasteiger partial charge in [0.05, 0.1) is 19.6 Å². The smallest absolute Gasteiger partial charge is 0.317 e. The molecule has 0 spiro atoms. The number of nitrogens with zero attached hydrogens (tertiary/aromatic N) is 1. The molecule has 6 nitrogen and oxygen atoms in total. The Morgan fingerprint density at radius 2 is 2.00 bits per heavy atom. The van der Waals surface area contributed by atoms with Crippen molar-refractivity contribution in [3.8, 4) is 5.75 Å². The van der Waals surface area contributed by atoms with Crippen LogP contribution in [0.1, 0.15) is 30.9 Å². The van der Waals surface area contributed by atoms with Crippen LogP contribution in [-0.4, -0.2) is 42.7 Å². The first-order valence-corrected chi connectivity index (χ1v) is 7.38. The molecule has 0 heterocycles. The molecule has 6 heteroatoms. The van der Waals surface area contributed by atoms with Crippen LogP contribution < -0.4 is 10.1 Å². The van der Waals surface area contributed by atoms with Crippen LogP contribution in [0.25, 0.3) is 0 Å². The second-order valence-electron chi connectivity index (χ2n) is 5.60. The van der Waals surface area contributed by atoms with Crippen molar-refractivity contribution in [3.05, 3.63) is 29.8 Å². The van der Waals surface area contributed by atoms with E-state index in [1.54, 1.807) is 14.2 Å². The van der Waals surface area contributed by atoms with Crippen molar-refractivity contribution in [3.63, 3.8) is 0 Å². The van der Waals surface area contributed by atoms with Gasteiger partial charge in [-0.15, -0.1) is 0 Å². The third-order valence-corrected chi connectivity index (χ3v) is 3.86. The SMILES string of the molecule is COc1ccc(C(NC(=O)N(C)CCC(=O)O)C2CC2)cc1. The molecule has 1 aromatic rings. The molecule has 0 bridgehead atoms. The maximum Gasteiger partial charge on any atom is 0.317 e. The molecule has 1 aliphatic carbocycles.